The van der Waals surface area contributed by atoms with E-state index in [0.717, 1.165) is 5.39 Å². The Kier molecular flexibility index (Phi) is 7.30. The van der Waals surface area contributed by atoms with Gasteiger partial charge in [0.05, 0.1) is 47.3 Å². The molecule has 0 saturated heterocycles. The van der Waals surface area contributed by atoms with Gasteiger partial charge in [-0.1, -0.05) is 18.2 Å². The topological polar surface area (TPSA) is 107 Å². The summed E-state index contributed by atoms with van der Waals surface area (Å²) >= 11 is 0. The molecule has 0 radical (unpaired) electrons. The number of amides is 1. The maximum atomic E-state index is 12.8. The van der Waals surface area contributed by atoms with E-state index in [2.05, 4.69) is 15.3 Å². The number of fused-ring (bicyclic) bond motifs is 2. The third-order valence-corrected chi connectivity index (χ3v) is 7.74. The Hall–Kier alpha value is -3.96. The van der Waals surface area contributed by atoms with E-state index in [0.29, 0.717) is 33.8 Å². The first-order valence-electron chi connectivity index (χ1n) is 11.8. The lowest BCUT2D eigenvalue weighted by atomic mass is 10.1. The number of halogens is 2. The third kappa shape index (κ3) is 5.79. The molecule has 5 rings (SSSR count). The number of carbonyl (C=O) groups excluding carboxylic acids is 1. The Morgan fingerprint density at radius 1 is 1.11 bits per heavy atom. The van der Waals surface area contributed by atoms with E-state index in [4.69, 9.17) is 9.47 Å². The fourth-order valence-electron chi connectivity index (χ4n) is 4.06. The van der Waals surface area contributed by atoms with Crippen LogP contribution in [0.15, 0.2) is 71.8 Å². The number of ether oxygens (including phenoxy) is 2. The summed E-state index contributed by atoms with van der Waals surface area (Å²) in [6.45, 7) is -0.297. The predicted molar refractivity (Wildman–Crippen MR) is 136 cm³/mol. The SMILES string of the molecule is O=C(NCc1cc2nc(-c3cccc(OCC(F)F)c3)ccc2cn1)c1ccc2c(c1)S(=O)(=O)CCOC2. The summed E-state index contributed by atoms with van der Waals surface area (Å²) in [6, 6.07) is 16.7. The molecule has 38 heavy (non-hydrogen) atoms. The summed E-state index contributed by atoms with van der Waals surface area (Å²) in [6.07, 6.45) is -0.923. The number of benzene rings is 2. The zero-order valence-electron chi connectivity index (χ0n) is 20.1. The average molecular weight is 540 g/mol. The van der Waals surface area contributed by atoms with Gasteiger partial charge in [0.2, 0.25) is 0 Å². The van der Waals surface area contributed by atoms with Crippen LogP contribution in [0.3, 0.4) is 0 Å². The molecule has 1 aliphatic heterocycles. The van der Waals surface area contributed by atoms with Gasteiger partial charge >= 0.3 is 0 Å². The molecular formula is C27H23F2N3O5S. The van der Waals surface area contributed by atoms with Gasteiger partial charge in [-0.15, -0.1) is 0 Å². The van der Waals surface area contributed by atoms with Crippen molar-refractivity contribution in [2.45, 2.75) is 24.5 Å². The van der Waals surface area contributed by atoms with Gasteiger partial charge in [-0.25, -0.2) is 22.2 Å². The maximum Gasteiger partial charge on any atom is 0.272 e. The molecule has 1 N–H and O–H groups in total. The number of carbonyl (C=O) groups is 1. The van der Waals surface area contributed by atoms with Crippen molar-refractivity contribution in [3.05, 3.63) is 83.7 Å². The van der Waals surface area contributed by atoms with Gasteiger partial charge in [0.15, 0.2) is 9.84 Å². The Balaban J connectivity index is 1.32. The molecule has 0 atom stereocenters. The van der Waals surface area contributed by atoms with Crippen LogP contribution in [0.1, 0.15) is 21.6 Å². The maximum absolute atomic E-state index is 12.8. The molecule has 0 bridgehead atoms. The largest absolute Gasteiger partial charge is 0.488 e. The molecule has 2 aromatic carbocycles. The highest BCUT2D eigenvalue weighted by atomic mass is 32.2. The number of nitrogens with zero attached hydrogens (tertiary/aromatic N) is 2. The number of rotatable bonds is 7. The van der Waals surface area contributed by atoms with E-state index in [9.17, 15) is 22.0 Å². The van der Waals surface area contributed by atoms with Crippen molar-refractivity contribution in [1.82, 2.24) is 15.3 Å². The standard InChI is InChI=1S/C27H23F2N3O5S/c28-26(29)16-37-22-3-1-2-17(10-22)23-7-6-19-13-30-21(12-24(19)32-23)14-31-27(33)18-4-5-20-15-36-8-9-38(34,35)25(20)11-18/h1-7,10-13,26H,8-9,14-16H2,(H,31,33). The highest BCUT2D eigenvalue weighted by Crippen LogP contribution is 2.26. The monoisotopic (exact) mass is 539 g/mol. The molecule has 0 spiro atoms. The zero-order chi connectivity index (χ0) is 26.7. The molecule has 1 aliphatic rings. The van der Waals surface area contributed by atoms with Gasteiger partial charge in [-0.05, 0) is 48.0 Å². The molecule has 196 valence electrons. The molecule has 3 heterocycles. The number of aromatic nitrogens is 2. The summed E-state index contributed by atoms with van der Waals surface area (Å²) in [4.78, 5) is 22.0. The van der Waals surface area contributed by atoms with Gasteiger partial charge in [-0.3, -0.25) is 9.78 Å². The first-order chi connectivity index (χ1) is 18.3. The molecule has 1 amide bonds. The van der Waals surface area contributed by atoms with Crippen LogP contribution in [-0.4, -0.2) is 49.7 Å². The highest BCUT2D eigenvalue weighted by Gasteiger charge is 2.23. The van der Waals surface area contributed by atoms with Crippen LogP contribution in [0.4, 0.5) is 8.78 Å². The molecule has 11 heteroatoms. The van der Waals surface area contributed by atoms with Crippen molar-refractivity contribution in [3.63, 3.8) is 0 Å². The van der Waals surface area contributed by atoms with Crippen LogP contribution in [0, 0.1) is 0 Å². The van der Waals surface area contributed by atoms with Gasteiger partial charge in [0, 0.05) is 22.7 Å². The fourth-order valence-corrected chi connectivity index (χ4v) is 5.45. The Labute approximate surface area is 217 Å². The molecule has 4 aromatic rings. The number of nitrogens with one attached hydrogen (secondary N) is 1. The Bertz CT molecular complexity index is 1610. The second-order valence-electron chi connectivity index (χ2n) is 8.67. The first-order valence-corrected chi connectivity index (χ1v) is 13.4. The summed E-state index contributed by atoms with van der Waals surface area (Å²) in [5.74, 6) is -0.244. The zero-order valence-corrected chi connectivity index (χ0v) is 20.9. The van der Waals surface area contributed by atoms with E-state index < -0.39 is 28.8 Å². The van der Waals surface area contributed by atoms with Crippen molar-refractivity contribution >= 4 is 26.6 Å². The van der Waals surface area contributed by atoms with Crippen LogP contribution < -0.4 is 10.1 Å². The summed E-state index contributed by atoms with van der Waals surface area (Å²) in [5, 5.41) is 3.56. The molecule has 2 aromatic heterocycles. The fraction of sp³-hybridized carbons (Fsp3) is 0.222. The third-order valence-electron chi connectivity index (χ3n) is 5.98. The Morgan fingerprint density at radius 2 is 1.97 bits per heavy atom. The summed E-state index contributed by atoms with van der Waals surface area (Å²) in [7, 11) is -3.53. The quantitative estimate of drug-likeness (QED) is 0.376. The van der Waals surface area contributed by atoms with Crippen molar-refractivity contribution in [2.75, 3.05) is 19.0 Å². The highest BCUT2D eigenvalue weighted by molar-refractivity contribution is 7.91. The van der Waals surface area contributed by atoms with Gasteiger partial charge < -0.3 is 14.8 Å². The van der Waals surface area contributed by atoms with Crippen molar-refractivity contribution in [1.29, 1.82) is 0 Å². The van der Waals surface area contributed by atoms with Crippen molar-refractivity contribution in [3.8, 4) is 17.0 Å². The minimum absolute atomic E-state index is 0.102. The lowest BCUT2D eigenvalue weighted by molar-refractivity contribution is 0.0819. The molecule has 0 unspecified atom stereocenters. The number of alkyl halides is 2. The minimum Gasteiger partial charge on any atom is -0.488 e. The van der Waals surface area contributed by atoms with E-state index in [1.165, 1.54) is 6.07 Å². The Morgan fingerprint density at radius 3 is 2.82 bits per heavy atom. The minimum atomic E-state index is -3.53. The van der Waals surface area contributed by atoms with E-state index in [1.807, 2.05) is 6.07 Å². The number of hydrogen-bond acceptors (Lipinski definition) is 7. The van der Waals surface area contributed by atoms with E-state index >= 15 is 0 Å². The molecular weight excluding hydrogens is 516 g/mol. The van der Waals surface area contributed by atoms with Gasteiger partial charge in [0.25, 0.3) is 12.3 Å². The lowest BCUT2D eigenvalue weighted by Crippen LogP contribution is -2.23. The summed E-state index contributed by atoms with van der Waals surface area (Å²) < 4.78 is 60.4. The van der Waals surface area contributed by atoms with Crippen LogP contribution in [0.2, 0.25) is 0 Å². The normalized spacial score (nSPS) is 14.6. The first kappa shape index (κ1) is 25.7. The lowest BCUT2D eigenvalue weighted by Gasteiger charge is -2.10. The summed E-state index contributed by atoms with van der Waals surface area (Å²) in [5.41, 5.74) is 3.27. The van der Waals surface area contributed by atoms with Crippen molar-refractivity contribution in [2.24, 2.45) is 0 Å². The number of pyridine rings is 2. The predicted octanol–water partition coefficient (Wildman–Crippen LogP) is 4.17. The van der Waals surface area contributed by atoms with Crippen LogP contribution >= 0.6 is 0 Å². The van der Waals surface area contributed by atoms with Crippen LogP contribution in [0.5, 0.6) is 5.75 Å². The molecule has 0 saturated carbocycles. The number of hydrogen-bond donors (Lipinski definition) is 1. The second kappa shape index (κ2) is 10.8. The second-order valence-corrected chi connectivity index (χ2v) is 10.7. The smallest absolute Gasteiger partial charge is 0.272 e. The van der Waals surface area contributed by atoms with E-state index in [-0.39, 0.29) is 36.0 Å². The number of sulfone groups is 1. The average Bonchev–Trinajstić information content (AvgIpc) is 3.07. The molecule has 0 aliphatic carbocycles. The molecule has 8 nitrogen and oxygen atoms in total. The van der Waals surface area contributed by atoms with Gasteiger partial charge in [0.1, 0.15) is 12.4 Å². The molecule has 0 fully saturated rings. The van der Waals surface area contributed by atoms with Gasteiger partial charge in [-0.2, -0.15) is 0 Å². The van der Waals surface area contributed by atoms with Crippen LogP contribution in [-0.2, 0) is 27.7 Å². The van der Waals surface area contributed by atoms with E-state index in [1.54, 1.807) is 54.7 Å². The van der Waals surface area contributed by atoms with Crippen molar-refractivity contribution < 1.29 is 31.5 Å². The van der Waals surface area contributed by atoms with Crippen LogP contribution in [0.25, 0.3) is 22.2 Å².